The molecule has 8 heteroatoms. The van der Waals surface area contributed by atoms with Gasteiger partial charge in [-0.15, -0.1) is 11.3 Å². The molecule has 1 saturated carbocycles. The lowest BCUT2D eigenvalue weighted by Crippen LogP contribution is -2.40. The van der Waals surface area contributed by atoms with E-state index in [1.54, 1.807) is 0 Å². The number of hydrogen-bond donors (Lipinski definition) is 2. The van der Waals surface area contributed by atoms with Crippen LogP contribution in [0.1, 0.15) is 45.7 Å². The number of H-pyrrole nitrogens is 1. The van der Waals surface area contributed by atoms with Gasteiger partial charge < -0.3 is 19.9 Å². The second-order valence-corrected chi connectivity index (χ2v) is 9.04. The van der Waals surface area contributed by atoms with Gasteiger partial charge >= 0.3 is 0 Å². The fourth-order valence-electron chi connectivity index (χ4n) is 3.95. The molecular weight excluding hydrogens is 400 g/mol. The van der Waals surface area contributed by atoms with E-state index in [1.165, 1.54) is 11.3 Å². The Hall–Kier alpha value is -2.71. The molecule has 0 bridgehead atoms. The number of amides is 2. The number of hydrogen-bond acceptors (Lipinski definition) is 5. The number of morpholine rings is 1. The number of rotatable bonds is 5. The molecule has 3 atom stereocenters. The molecule has 3 aromatic rings. The van der Waals surface area contributed by atoms with Gasteiger partial charge in [0.1, 0.15) is 5.82 Å². The van der Waals surface area contributed by atoms with E-state index in [2.05, 4.69) is 15.3 Å². The summed E-state index contributed by atoms with van der Waals surface area (Å²) in [6.45, 7) is 4.40. The summed E-state index contributed by atoms with van der Waals surface area (Å²) >= 11 is 1.45. The number of nitrogens with zero attached hydrogens (tertiary/aromatic N) is 2. The highest BCUT2D eigenvalue weighted by Crippen LogP contribution is 2.47. The highest BCUT2D eigenvalue weighted by Gasteiger charge is 2.46. The van der Waals surface area contributed by atoms with Crippen LogP contribution in [0.15, 0.2) is 36.4 Å². The first-order valence-corrected chi connectivity index (χ1v) is 11.1. The zero-order chi connectivity index (χ0) is 20.7. The number of carbonyl (C=O) groups is 2. The zero-order valence-corrected chi connectivity index (χ0v) is 17.6. The van der Waals surface area contributed by atoms with Gasteiger partial charge in [-0.2, -0.15) is 0 Å². The topological polar surface area (TPSA) is 87.3 Å². The van der Waals surface area contributed by atoms with Crippen LogP contribution in [-0.2, 0) is 9.53 Å². The minimum atomic E-state index is -0.134. The summed E-state index contributed by atoms with van der Waals surface area (Å²) in [6.07, 6.45) is 0.809. The standard InChI is InChI=1S/C22H24N4O3S/c1-13(18-6-7-19(30-18)22(28)26-8-10-29-11-9-26)23-21(27)15-12-14(15)20-24-16-4-2-3-5-17(16)25-20/h2-7,13-15H,8-12H2,1H3,(H,23,27)(H,24,25)/t13?,14-,15-/m0/s1. The van der Waals surface area contributed by atoms with Crippen molar-refractivity contribution in [3.8, 4) is 0 Å². The van der Waals surface area contributed by atoms with Crippen molar-refractivity contribution in [2.45, 2.75) is 25.3 Å². The van der Waals surface area contributed by atoms with Crippen LogP contribution < -0.4 is 5.32 Å². The van der Waals surface area contributed by atoms with Crippen LogP contribution in [0.2, 0.25) is 0 Å². The smallest absolute Gasteiger partial charge is 0.264 e. The quantitative estimate of drug-likeness (QED) is 0.659. The molecule has 30 heavy (non-hydrogen) atoms. The Kier molecular flexibility index (Phi) is 5.04. The molecule has 2 aromatic heterocycles. The molecule has 156 valence electrons. The number of imidazole rings is 1. The molecule has 0 spiro atoms. The minimum Gasteiger partial charge on any atom is -0.378 e. The second kappa shape index (κ2) is 7.85. The Bertz CT molecular complexity index is 1050. The van der Waals surface area contributed by atoms with Gasteiger partial charge in [-0.05, 0) is 37.6 Å². The second-order valence-electron chi connectivity index (χ2n) is 7.92. The van der Waals surface area contributed by atoms with Crippen molar-refractivity contribution >= 4 is 34.2 Å². The van der Waals surface area contributed by atoms with Gasteiger partial charge in [0.25, 0.3) is 5.91 Å². The predicted molar refractivity (Wildman–Crippen MR) is 115 cm³/mol. The first-order chi connectivity index (χ1) is 14.6. The van der Waals surface area contributed by atoms with Crippen LogP contribution in [-0.4, -0.2) is 53.0 Å². The van der Waals surface area contributed by atoms with Crippen LogP contribution in [0.25, 0.3) is 11.0 Å². The first kappa shape index (κ1) is 19.3. The van der Waals surface area contributed by atoms with E-state index in [0.717, 1.165) is 28.2 Å². The molecule has 0 radical (unpaired) electrons. The summed E-state index contributed by atoms with van der Waals surface area (Å²) in [5.41, 5.74) is 1.94. The summed E-state index contributed by atoms with van der Waals surface area (Å²) in [5, 5.41) is 3.11. The number of thiophene rings is 1. The summed E-state index contributed by atoms with van der Waals surface area (Å²) in [7, 11) is 0. The van der Waals surface area contributed by atoms with Crippen molar-refractivity contribution in [3.63, 3.8) is 0 Å². The normalized spacial score (nSPS) is 22.1. The van der Waals surface area contributed by atoms with Crippen molar-refractivity contribution in [2.75, 3.05) is 26.3 Å². The molecule has 2 amide bonds. The Labute approximate surface area is 178 Å². The van der Waals surface area contributed by atoms with E-state index in [0.29, 0.717) is 31.2 Å². The molecule has 1 aromatic carbocycles. The molecule has 1 aliphatic heterocycles. The van der Waals surface area contributed by atoms with Crippen LogP contribution in [0, 0.1) is 5.92 Å². The van der Waals surface area contributed by atoms with Gasteiger partial charge in [0.05, 0.1) is 35.2 Å². The fraction of sp³-hybridized carbons (Fsp3) is 0.409. The molecule has 2 N–H and O–H groups in total. The lowest BCUT2D eigenvalue weighted by atomic mass is 10.2. The van der Waals surface area contributed by atoms with Crippen molar-refractivity contribution in [1.29, 1.82) is 0 Å². The molecule has 2 fully saturated rings. The third kappa shape index (κ3) is 3.73. The number of aromatic nitrogens is 2. The van der Waals surface area contributed by atoms with Gasteiger partial charge in [0, 0.05) is 29.8 Å². The molecule has 5 rings (SSSR count). The Morgan fingerprint density at radius 1 is 1.23 bits per heavy atom. The monoisotopic (exact) mass is 424 g/mol. The summed E-state index contributed by atoms with van der Waals surface area (Å²) in [6, 6.07) is 11.6. The SMILES string of the molecule is CC(NC(=O)[C@H]1C[C@@H]1c1nc2ccccc2[nH]1)c1ccc(C(=O)N2CCOCC2)s1. The molecule has 1 unspecified atom stereocenters. The van der Waals surface area contributed by atoms with E-state index in [4.69, 9.17) is 4.74 Å². The van der Waals surface area contributed by atoms with E-state index in [9.17, 15) is 9.59 Å². The van der Waals surface area contributed by atoms with Gasteiger partial charge in [-0.25, -0.2) is 4.98 Å². The van der Waals surface area contributed by atoms with Crippen molar-refractivity contribution in [1.82, 2.24) is 20.2 Å². The molecule has 7 nitrogen and oxygen atoms in total. The van der Waals surface area contributed by atoms with Crippen LogP contribution in [0.5, 0.6) is 0 Å². The third-order valence-corrected chi connectivity index (χ3v) is 7.06. The fourth-order valence-corrected chi connectivity index (χ4v) is 4.93. The number of ether oxygens (including phenoxy) is 1. The summed E-state index contributed by atoms with van der Waals surface area (Å²) in [5.74, 6) is 1.06. The van der Waals surface area contributed by atoms with E-state index >= 15 is 0 Å². The van der Waals surface area contributed by atoms with Gasteiger partial charge in [-0.1, -0.05) is 12.1 Å². The zero-order valence-electron chi connectivity index (χ0n) is 16.8. The molecular formula is C22H24N4O3S. The van der Waals surface area contributed by atoms with Crippen molar-refractivity contribution in [2.24, 2.45) is 5.92 Å². The maximum atomic E-state index is 12.7. The number of benzene rings is 1. The van der Waals surface area contributed by atoms with Crippen LogP contribution in [0.3, 0.4) is 0 Å². The van der Waals surface area contributed by atoms with E-state index in [1.807, 2.05) is 48.2 Å². The summed E-state index contributed by atoms with van der Waals surface area (Å²) < 4.78 is 5.31. The Balaban J connectivity index is 1.19. The third-order valence-electron chi connectivity index (χ3n) is 5.81. The predicted octanol–water partition coefficient (Wildman–Crippen LogP) is 3.08. The lowest BCUT2D eigenvalue weighted by Gasteiger charge is -2.26. The van der Waals surface area contributed by atoms with Crippen molar-refractivity contribution < 1.29 is 14.3 Å². The minimum absolute atomic E-state index is 0.0419. The van der Waals surface area contributed by atoms with Gasteiger partial charge in [0.15, 0.2) is 0 Å². The molecule has 3 heterocycles. The van der Waals surface area contributed by atoms with Crippen molar-refractivity contribution in [3.05, 3.63) is 52.0 Å². The van der Waals surface area contributed by atoms with Gasteiger partial charge in [0.2, 0.25) is 5.91 Å². The number of nitrogens with one attached hydrogen (secondary N) is 2. The van der Waals surface area contributed by atoms with Crippen LogP contribution in [0.4, 0.5) is 0 Å². The molecule has 2 aliphatic rings. The highest BCUT2D eigenvalue weighted by molar-refractivity contribution is 7.14. The van der Waals surface area contributed by atoms with E-state index in [-0.39, 0.29) is 29.7 Å². The largest absolute Gasteiger partial charge is 0.378 e. The van der Waals surface area contributed by atoms with E-state index < -0.39 is 0 Å². The highest BCUT2D eigenvalue weighted by atomic mass is 32.1. The average Bonchev–Trinajstić information content (AvgIpc) is 3.21. The van der Waals surface area contributed by atoms with Crippen LogP contribution >= 0.6 is 11.3 Å². The lowest BCUT2D eigenvalue weighted by molar-refractivity contribution is -0.123. The molecule has 1 aliphatic carbocycles. The number of fused-ring (bicyclic) bond motifs is 1. The maximum Gasteiger partial charge on any atom is 0.264 e. The first-order valence-electron chi connectivity index (χ1n) is 10.3. The maximum absolute atomic E-state index is 12.7. The molecule has 1 saturated heterocycles. The average molecular weight is 425 g/mol. The number of para-hydroxylation sites is 2. The Morgan fingerprint density at radius 2 is 2.03 bits per heavy atom. The number of aromatic amines is 1. The van der Waals surface area contributed by atoms with Gasteiger partial charge in [-0.3, -0.25) is 9.59 Å². The number of carbonyl (C=O) groups excluding carboxylic acids is 2. The summed E-state index contributed by atoms with van der Waals surface area (Å²) in [4.78, 5) is 36.9. The Morgan fingerprint density at radius 3 is 2.83 bits per heavy atom.